The molecule has 0 saturated heterocycles. The van der Waals surface area contributed by atoms with Crippen LogP contribution in [0, 0.1) is 6.92 Å². The van der Waals surface area contributed by atoms with Gasteiger partial charge in [-0.05, 0) is 38.0 Å². The largest absolute Gasteiger partial charge is 0.399 e. The Balaban J connectivity index is 0.00000289. The van der Waals surface area contributed by atoms with Gasteiger partial charge < -0.3 is 15.8 Å². The Labute approximate surface area is 114 Å². The van der Waals surface area contributed by atoms with E-state index in [9.17, 15) is 4.79 Å². The molecular weight excluding hydrogens is 252 g/mol. The maximum Gasteiger partial charge on any atom is 0.224 e. The molecule has 0 unspecified atom stereocenters. The van der Waals surface area contributed by atoms with Gasteiger partial charge in [-0.3, -0.25) is 4.79 Å². The summed E-state index contributed by atoms with van der Waals surface area (Å²) >= 11 is 0. The molecule has 1 aromatic carbocycles. The Hall–Kier alpha value is -1.26. The zero-order valence-electron chi connectivity index (χ0n) is 10.9. The smallest absolute Gasteiger partial charge is 0.224 e. The Morgan fingerprint density at radius 3 is 2.83 bits per heavy atom. The molecule has 0 aliphatic heterocycles. The molecule has 0 heterocycles. The molecule has 0 saturated carbocycles. The lowest BCUT2D eigenvalue weighted by atomic mass is 10.1. The van der Waals surface area contributed by atoms with Crippen LogP contribution < -0.4 is 11.1 Å². The van der Waals surface area contributed by atoms with E-state index in [0.29, 0.717) is 25.3 Å². The van der Waals surface area contributed by atoms with Crippen LogP contribution in [0.25, 0.3) is 0 Å². The monoisotopic (exact) mass is 272 g/mol. The molecule has 0 bridgehead atoms. The number of carbonyl (C=O) groups excluding carboxylic acids is 1. The average Bonchev–Trinajstić information content (AvgIpc) is 2.29. The summed E-state index contributed by atoms with van der Waals surface area (Å²) in [7, 11) is 0. The van der Waals surface area contributed by atoms with Gasteiger partial charge in [-0.2, -0.15) is 0 Å². The van der Waals surface area contributed by atoms with Gasteiger partial charge in [-0.15, -0.1) is 12.4 Å². The van der Waals surface area contributed by atoms with Gasteiger partial charge in [0.05, 0.1) is 0 Å². The van der Waals surface area contributed by atoms with E-state index in [-0.39, 0.29) is 18.3 Å². The molecule has 3 N–H and O–H groups in total. The fourth-order valence-corrected chi connectivity index (χ4v) is 1.47. The van der Waals surface area contributed by atoms with Crippen LogP contribution in [0.4, 0.5) is 11.4 Å². The quantitative estimate of drug-likeness (QED) is 0.618. The van der Waals surface area contributed by atoms with Gasteiger partial charge in [0.1, 0.15) is 0 Å². The number of rotatable bonds is 6. The standard InChI is InChI=1S/C13H20N2O2.ClH/c1-3-17-8-4-5-13(16)15-12-9-11(14)7-6-10(12)2;/h6-7,9H,3-5,8,14H2,1-2H3,(H,15,16);1H. The fraction of sp³-hybridized carbons (Fsp3) is 0.462. The molecule has 1 amide bonds. The fourth-order valence-electron chi connectivity index (χ4n) is 1.47. The number of nitrogen functional groups attached to an aromatic ring is 1. The Morgan fingerprint density at radius 1 is 1.44 bits per heavy atom. The number of amides is 1. The van der Waals surface area contributed by atoms with E-state index in [2.05, 4.69) is 5.32 Å². The summed E-state index contributed by atoms with van der Waals surface area (Å²) in [6.07, 6.45) is 1.20. The number of hydrogen-bond donors (Lipinski definition) is 2. The Bertz CT molecular complexity index is 383. The van der Waals surface area contributed by atoms with Crippen molar-refractivity contribution in [3.8, 4) is 0 Å². The van der Waals surface area contributed by atoms with E-state index in [0.717, 1.165) is 17.7 Å². The highest BCUT2D eigenvalue weighted by Gasteiger charge is 2.04. The molecule has 0 spiro atoms. The van der Waals surface area contributed by atoms with Crippen molar-refractivity contribution in [2.75, 3.05) is 24.3 Å². The summed E-state index contributed by atoms with van der Waals surface area (Å²) in [4.78, 5) is 11.6. The van der Waals surface area contributed by atoms with Gasteiger partial charge in [0.25, 0.3) is 0 Å². The molecule has 18 heavy (non-hydrogen) atoms. The highest BCUT2D eigenvalue weighted by molar-refractivity contribution is 5.91. The lowest BCUT2D eigenvalue weighted by Crippen LogP contribution is -2.13. The molecule has 0 aromatic heterocycles. The van der Waals surface area contributed by atoms with Crippen LogP contribution in [0.2, 0.25) is 0 Å². The van der Waals surface area contributed by atoms with Crippen LogP contribution >= 0.6 is 12.4 Å². The van der Waals surface area contributed by atoms with Gasteiger partial charge in [0.15, 0.2) is 0 Å². The van der Waals surface area contributed by atoms with Gasteiger partial charge in [0, 0.05) is 31.0 Å². The number of aryl methyl sites for hydroxylation is 1. The van der Waals surface area contributed by atoms with Crippen LogP contribution in [0.5, 0.6) is 0 Å². The number of anilines is 2. The van der Waals surface area contributed by atoms with E-state index < -0.39 is 0 Å². The third-order valence-corrected chi connectivity index (χ3v) is 2.43. The summed E-state index contributed by atoms with van der Waals surface area (Å²) in [5, 5.41) is 2.85. The van der Waals surface area contributed by atoms with E-state index in [1.54, 1.807) is 6.07 Å². The van der Waals surface area contributed by atoms with Gasteiger partial charge in [-0.25, -0.2) is 0 Å². The van der Waals surface area contributed by atoms with E-state index in [1.807, 2.05) is 26.0 Å². The van der Waals surface area contributed by atoms with Crippen molar-refractivity contribution in [3.63, 3.8) is 0 Å². The van der Waals surface area contributed by atoms with Crippen molar-refractivity contribution in [2.45, 2.75) is 26.7 Å². The molecule has 5 heteroatoms. The van der Waals surface area contributed by atoms with Crippen LogP contribution in [0.1, 0.15) is 25.3 Å². The number of hydrogen-bond acceptors (Lipinski definition) is 3. The van der Waals surface area contributed by atoms with Crippen molar-refractivity contribution in [3.05, 3.63) is 23.8 Å². The Morgan fingerprint density at radius 2 is 2.17 bits per heavy atom. The number of carbonyl (C=O) groups is 1. The summed E-state index contributed by atoms with van der Waals surface area (Å²) in [5.41, 5.74) is 8.12. The van der Waals surface area contributed by atoms with E-state index in [1.165, 1.54) is 0 Å². The molecule has 0 atom stereocenters. The summed E-state index contributed by atoms with van der Waals surface area (Å²) in [6.45, 7) is 5.20. The predicted molar refractivity (Wildman–Crippen MR) is 77.2 cm³/mol. The summed E-state index contributed by atoms with van der Waals surface area (Å²) in [5.74, 6) is -0.00148. The molecule has 102 valence electrons. The normalized spacial score (nSPS) is 9.67. The first-order valence-electron chi connectivity index (χ1n) is 5.87. The van der Waals surface area contributed by atoms with Crippen molar-refractivity contribution in [2.24, 2.45) is 0 Å². The second-order valence-electron chi connectivity index (χ2n) is 3.92. The molecule has 0 aliphatic carbocycles. The molecule has 1 rings (SSSR count). The van der Waals surface area contributed by atoms with Gasteiger partial charge in [0.2, 0.25) is 5.91 Å². The van der Waals surface area contributed by atoms with Crippen LogP contribution in [-0.2, 0) is 9.53 Å². The highest BCUT2D eigenvalue weighted by atomic mass is 35.5. The number of benzene rings is 1. The maximum atomic E-state index is 11.6. The van der Waals surface area contributed by atoms with Crippen molar-refractivity contribution in [1.82, 2.24) is 0 Å². The molecule has 1 aromatic rings. The third kappa shape index (κ3) is 5.89. The minimum atomic E-state index is -0.00148. The molecule has 0 radical (unpaired) electrons. The zero-order valence-corrected chi connectivity index (χ0v) is 11.7. The predicted octanol–water partition coefficient (Wildman–Crippen LogP) is 2.75. The number of nitrogens with one attached hydrogen (secondary N) is 1. The molecule has 0 fully saturated rings. The maximum absolute atomic E-state index is 11.6. The van der Waals surface area contributed by atoms with Gasteiger partial charge >= 0.3 is 0 Å². The number of halogens is 1. The van der Waals surface area contributed by atoms with E-state index >= 15 is 0 Å². The van der Waals surface area contributed by atoms with Crippen LogP contribution in [0.3, 0.4) is 0 Å². The molecule has 4 nitrogen and oxygen atoms in total. The van der Waals surface area contributed by atoms with Crippen LogP contribution in [0.15, 0.2) is 18.2 Å². The average molecular weight is 273 g/mol. The SMILES string of the molecule is CCOCCCC(=O)Nc1cc(N)ccc1C.Cl. The first-order valence-corrected chi connectivity index (χ1v) is 5.87. The lowest BCUT2D eigenvalue weighted by molar-refractivity contribution is -0.116. The molecule has 0 aliphatic rings. The highest BCUT2D eigenvalue weighted by Crippen LogP contribution is 2.18. The Kier molecular flexibility index (Phi) is 8.16. The third-order valence-electron chi connectivity index (χ3n) is 2.43. The molecular formula is C13H21ClN2O2. The minimum Gasteiger partial charge on any atom is -0.399 e. The van der Waals surface area contributed by atoms with Crippen LogP contribution in [-0.4, -0.2) is 19.1 Å². The first kappa shape index (κ1) is 16.7. The summed E-state index contributed by atoms with van der Waals surface area (Å²) < 4.78 is 5.18. The summed E-state index contributed by atoms with van der Waals surface area (Å²) in [6, 6.07) is 5.49. The number of nitrogens with two attached hydrogens (primary N) is 1. The second-order valence-corrected chi connectivity index (χ2v) is 3.92. The van der Waals surface area contributed by atoms with Crippen molar-refractivity contribution >= 4 is 29.7 Å². The van der Waals surface area contributed by atoms with E-state index in [4.69, 9.17) is 10.5 Å². The second kappa shape index (κ2) is 8.78. The van der Waals surface area contributed by atoms with Crippen molar-refractivity contribution < 1.29 is 9.53 Å². The van der Waals surface area contributed by atoms with Crippen molar-refractivity contribution in [1.29, 1.82) is 0 Å². The topological polar surface area (TPSA) is 64.3 Å². The zero-order chi connectivity index (χ0) is 12.7. The first-order chi connectivity index (χ1) is 8.13. The minimum absolute atomic E-state index is 0. The van der Waals surface area contributed by atoms with Gasteiger partial charge in [-0.1, -0.05) is 6.07 Å². The number of ether oxygens (including phenoxy) is 1. The lowest BCUT2D eigenvalue weighted by Gasteiger charge is -2.09.